The first kappa shape index (κ1) is 18.9. The fourth-order valence-electron chi connectivity index (χ4n) is 2.78. The number of nitrogens with zero attached hydrogens (tertiary/aromatic N) is 2. The lowest BCUT2D eigenvalue weighted by Gasteiger charge is -2.12. The molecule has 4 nitrogen and oxygen atoms in total. The van der Waals surface area contributed by atoms with Crippen molar-refractivity contribution in [2.45, 2.75) is 33.6 Å². The second-order valence-corrected chi connectivity index (χ2v) is 6.58. The zero-order valence-electron chi connectivity index (χ0n) is 15.6. The Morgan fingerprint density at radius 3 is 2.30 bits per heavy atom. The van der Waals surface area contributed by atoms with Crippen LogP contribution < -0.4 is 5.32 Å². The Hall–Kier alpha value is -2.89. The minimum absolute atomic E-state index is 0.105. The highest BCUT2D eigenvalue weighted by Gasteiger charge is 2.19. The van der Waals surface area contributed by atoms with Crippen LogP contribution in [0.5, 0.6) is 0 Å². The number of benzene rings is 2. The van der Waals surface area contributed by atoms with Crippen molar-refractivity contribution in [2.75, 3.05) is 6.54 Å². The van der Waals surface area contributed by atoms with Crippen LogP contribution in [0.15, 0.2) is 30.3 Å². The Labute approximate surface area is 156 Å². The van der Waals surface area contributed by atoms with Crippen LogP contribution in [0.25, 0.3) is 22.3 Å². The predicted octanol–water partition coefficient (Wildman–Crippen LogP) is 4.72. The third-order valence-electron chi connectivity index (χ3n) is 4.50. The number of fused-ring (bicyclic) bond motifs is 1. The van der Waals surface area contributed by atoms with E-state index in [-0.39, 0.29) is 17.3 Å². The Bertz CT molecular complexity index is 1020. The smallest absolute Gasteiger partial charge is 0.272 e. The highest BCUT2D eigenvalue weighted by molar-refractivity contribution is 6.00. The molecule has 6 heteroatoms. The molecule has 0 saturated heterocycles. The first-order chi connectivity index (χ1) is 12.9. The van der Waals surface area contributed by atoms with Crippen molar-refractivity contribution >= 4 is 16.9 Å². The number of unbranched alkanes of at least 4 members (excludes halogenated alkanes) is 1. The van der Waals surface area contributed by atoms with Gasteiger partial charge < -0.3 is 5.32 Å². The van der Waals surface area contributed by atoms with Gasteiger partial charge in [0.05, 0.1) is 11.0 Å². The van der Waals surface area contributed by atoms with E-state index in [1.807, 2.05) is 32.9 Å². The number of hydrogen-bond acceptors (Lipinski definition) is 3. The summed E-state index contributed by atoms with van der Waals surface area (Å²) in [7, 11) is 0. The highest BCUT2D eigenvalue weighted by Crippen LogP contribution is 2.26. The van der Waals surface area contributed by atoms with Crippen LogP contribution in [0.2, 0.25) is 0 Å². The number of aryl methyl sites for hydroxylation is 2. The van der Waals surface area contributed by atoms with E-state index in [9.17, 15) is 13.6 Å². The van der Waals surface area contributed by atoms with Crippen molar-refractivity contribution in [1.29, 1.82) is 0 Å². The lowest BCUT2D eigenvalue weighted by molar-refractivity contribution is 0.0949. The molecule has 27 heavy (non-hydrogen) atoms. The summed E-state index contributed by atoms with van der Waals surface area (Å²) in [6.07, 6.45) is 1.78. The Balaban J connectivity index is 2.18. The largest absolute Gasteiger partial charge is 0.351 e. The number of carbonyl (C=O) groups is 1. The van der Waals surface area contributed by atoms with Crippen molar-refractivity contribution in [3.63, 3.8) is 0 Å². The molecule has 1 heterocycles. The molecule has 3 rings (SSSR count). The summed E-state index contributed by atoms with van der Waals surface area (Å²) >= 11 is 0. The van der Waals surface area contributed by atoms with E-state index < -0.39 is 11.6 Å². The summed E-state index contributed by atoms with van der Waals surface area (Å²) in [6, 6.07) is 7.21. The molecule has 0 aliphatic carbocycles. The van der Waals surface area contributed by atoms with Crippen LogP contribution in [0, 0.1) is 25.5 Å². The lowest BCUT2D eigenvalue weighted by atomic mass is 10.1. The van der Waals surface area contributed by atoms with Gasteiger partial charge in [-0.3, -0.25) is 4.79 Å². The number of nitrogens with one attached hydrogen (secondary N) is 1. The van der Waals surface area contributed by atoms with Crippen LogP contribution in [0.3, 0.4) is 0 Å². The molecule has 0 aliphatic rings. The minimum Gasteiger partial charge on any atom is -0.351 e. The van der Waals surface area contributed by atoms with Gasteiger partial charge in [-0.15, -0.1) is 0 Å². The second kappa shape index (κ2) is 7.78. The average Bonchev–Trinajstić information content (AvgIpc) is 2.64. The Morgan fingerprint density at radius 1 is 1.00 bits per heavy atom. The zero-order valence-corrected chi connectivity index (χ0v) is 15.6. The highest BCUT2D eigenvalue weighted by atomic mass is 19.2. The van der Waals surface area contributed by atoms with Gasteiger partial charge in [0.2, 0.25) is 0 Å². The molecule has 0 radical (unpaired) electrons. The molecule has 1 N–H and O–H groups in total. The van der Waals surface area contributed by atoms with Gasteiger partial charge in [0.15, 0.2) is 17.3 Å². The maximum absolute atomic E-state index is 13.8. The fourth-order valence-corrected chi connectivity index (χ4v) is 2.78. The molecule has 0 spiro atoms. The minimum atomic E-state index is -0.994. The van der Waals surface area contributed by atoms with E-state index in [4.69, 9.17) is 0 Å². The summed E-state index contributed by atoms with van der Waals surface area (Å²) < 4.78 is 27.1. The summed E-state index contributed by atoms with van der Waals surface area (Å²) in [5.41, 5.74) is 3.91. The topological polar surface area (TPSA) is 54.9 Å². The molecule has 140 valence electrons. The van der Waals surface area contributed by atoms with Gasteiger partial charge in [-0.25, -0.2) is 18.7 Å². The first-order valence-corrected chi connectivity index (χ1v) is 8.93. The molecule has 0 bridgehead atoms. The van der Waals surface area contributed by atoms with Gasteiger partial charge in [-0.05, 0) is 61.7 Å². The summed E-state index contributed by atoms with van der Waals surface area (Å²) in [4.78, 5) is 21.7. The van der Waals surface area contributed by atoms with E-state index in [1.54, 1.807) is 0 Å². The standard InChI is InChI=1S/C21H21F2N3O/c1-4-5-8-24-21(27)20-19(14-6-7-15(22)16(23)11-14)25-17-9-12(2)13(3)10-18(17)26-20/h6-7,9-11H,4-5,8H2,1-3H3,(H,24,27). The zero-order chi connectivity index (χ0) is 19.6. The molecular formula is C21H21F2N3O. The summed E-state index contributed by atoms with van der Waals surface area (Å²) in [6.45, 7) is 6.46. The molecule has 1 amide bonds. The maximum Gasteiger partial charge on any atom is 0.272 e. The number of hydrogen-bond donors (Lipinski definition) is 1. The SMILES string of the molecule is CCCCNC(=O)c1nc2cc(C)c(C)cc2nc1-c1ccc(F)c(F)c1. The number of halogens is 2. The van der Waals surface area contributed by atoms with Crippen molar-refractivity contribution in [3.8, 4) is 11.3 Å². The predicted molar refractivity (Wildman–Crippen MR) is 102 cm³/mol. The van der Waals surface area contributed by atoms with Gasteiger partial charge in [0.1, 0.15) is 5.69 Å². The second-order valence-electron chi connectivity index (χ2n) is 6.58. The van der Waals surface area contributed by atoms with Crippen molar-refractivity contribution in [2.24, 2.45) is 0 Å². The Kier molecular flexibility index (Phi) is 5.44. The van der Waals surface area contributed by atoms with Crippen LogP contribution >= 0.6 is 0 Å². The maximum atomic E-state index is 13.8. The molecule has 0 fully saturated rings. The number of rotatable bonds is 5. The normalized spacial score (nSPS) is 11.0. The molecule has 0 atom stereocenters. The van der Waals surface area contributed by atoms with Crippen molar-refractivity contribution < 1.29 is 13.6 Å². The molecule has 0 unspecified atom stereocenters. The van der Waals surface area contributed by atoms with Gasteiger partial charge in [0.25, 0.3) is 5.91 Å². The van der Waals surface area contributed by atoms with Crippen molar-refractivity contribution in [3.05, 3.63) is 58.8 Å². The summed E-state index contributed by atoms with van der Waals surface area (Å²) in [5.74, 6) is -2.32. The quantitative estimate of drug-likeness (QED) is 0.662. The molecule has 0 saturated carbocycles. The van der Waals surface area contributed by atoms with Crippen LogP contribution in [0.1, 0.15) is 41.4 Å². The van der Waals surface area contributed by atoms with E-state index in [1.165, 1.54) is 6.07 Å². The van der Waals surface area contributed by atoms with E-state index >= 15 is 0 Å². The van der Waals surface area contributed by atoms with Crippen molar-refractivity contribution in [1.82, 2.24) is 15.3 Å². The number of aromatic nitrogens is 2. The third-order valence-corrected chi connectivity index (χ3v) is 4.50. The summed E-state index contributed by atoms with van der Waals surface area (Å²) in [5, 5.41) is 2.82. The van der Waals surface area contributed by atoms with E-state index in [0.29, 0.717) is 23.1 Å². The number of carbonyl (C=O) groups excluding carboxylic acids is 1. The molecule has 2 aromatic carbocycles. The third kappa shape index (κ3) is 3.94. The molecular weight excluding hydrogens is 348 g/mol. The molecule has 1 aromatic heterocycles. The Morgan fingerprint density at radius 2 is 1.67 bits per heavy atom. The molecule has 3 aromatic rings. The monoisotopic (exact) mass is 369 g/mol. The fraction of sp³-hybridized carbons (Fsp3) is 0.286. The molecule has 0 aliphatic heterocycles. The van der Waals surface area contributed by atoms with Crippen LogP contribution in [0.4, 0.5) is 8.78 Å². The van der Waals surface area contributed by atoms with Crippen LogP contribution in [-0.2, 0) is 0 Å². The van der Waals surface area contributed by atoms with Gasteiger partial charge in [-0.2, -0.15) is 0 Å². The lowest BCUT2D eigenvalue weighted by Crippen LogP contribution is -2.26. The van der Waals surface area contributed by atoms with E-state index in [0.717, 1.165) is 36.1 Å². The van der Waals surface area contributed by atoms with Gasteiger partial charge in [-0.1, -0.05) is 13.3 Å². The average molecular weight is 369 g/mol. The van der Waals surface area contributed by atoms with Gasteiger partial charge >= 0.3 is 0 Å². The van der Waals surface area contributed by atoms with Crippen LogP contribution in [-0.4, -0.2) is 22.4 Å². The van der Waals surface area contributed by atoms with E-state index in [2.05, 4.69) is 15.3 Å². The first-order valence-electron chi connectivity index (χ1n) is 8.93. The number of amides is 1. The van der Waals surface area contributed by atoms with Gasteiger partial charge in [0, 0.05) is 12.1 Å².